The van der Waals surface area contributed by atoms with Crippen LogP contribution in [-0.4, -0.2) is 17.9 Å². The van der Waals surface area contributed by atoms with Crippen LogP contribution < -0.4 is 16.4 Å². The number of benzene rings is 1. The van der Waals surface area contributed by atoms with E-state index in [9.17, 15) is 9.59 Å². The molecule has 5 nitrogen and oxygen atoms in total. The maximum absolute atomic E-state index is 11.8. The maximum atomic E-state index is 11.8. The number of hydrogen-bond donors (Lipinski definition) is 3. The predicted molar refractivity (Wildman–Crippen MR) is 64.1 cm³/mol. The molecule has 1 heterocycles. The lowest BCUT2D eigenvalue weighted by Crippen LogP contribution is -2.37. The molecule has 90 valence electrons. The van der Waals surface area contributed by atoms with Crippen LogP contribution in [-0.2, 0) is 16.1 Å². The molecule has 2 amide bonds. The van der Waals surface area contributed by atoms with Crippen molar-refractivity contribution in [2.45, 2.75) is 25.4 Å². The Kier molecular flexibility index (Phi) is 3.39. The zero-order chi connectivity index (χ0) is 12.3. The Morgan fingerprint density at radius 2 is 2.12 bits per heavy atom. The van der Waals surface area contributed by atoms with E-state index in [1.54, 1.807) is 12.1 Å². The number of hydrogen-bond acceptors (Lipinski definition) is 3. The van der Waals surface area contributed by atoms with Gasteiger partial charge in [-0.05, 0) is 24.1 Å². The SMILES string of the molecule is NCc1ccc(NC(=O)[C@H]2CCC(=O)N2)cc1. The van der Waals surface area contributed by atoms with Gasteiger partial charge in [0, 0.05) is 18.7 Å². The highest BCUT2D eigenvalue weighted by atomic mass is 16.2. The molecule has 0 radical (unpaired) electrons. The Bertz CT molecular complexity index is 428. The van der Waals surface area contributed by atoms with Crippen molar-refractivity contribution in [3.05, 3.63) is 29.8 Å². The molecule has 0 spiro atoms. The summed E-state index contributed by atoms with van der Waals surface area (Å²) in [5.41, 5.74) is 7.21. The van der Waals surface area contributed by atoms with Gasteiger partial charge < -0.3 is 16.4 Å². The van der Waals surface area contributed by atoms with Crippen molar-refractivity contribution in [2.75, 3.05) is 5.32 Å². The fraction of sp³-hybridized carbons (Fsp3) is 0.333. The molecule has 0 bridgehead atoms. The fourth-order valence-corrected chi connectivity index (χ4v) is 1.76. The van der Waals surface area contributed by atoms with E-state index in [-0.39, 0.29) is 11.8 Å². The van der Waals surface area contributed by atoms with Crippen LogP contribution >= 0.6 is 0 Å². The summed E-state index contributed by atoms with van der Waals surface area (Å²) in [6, 6.07) is 6.93. The molecular formula is C12H15N3O2. The Balaban J connectivity index is 1.95. The zero-order valence-corrected chi connectivity index (χ0v) is 9.40. The lowest BCUT2D eigenvalue weighted by molar-refractivity contribution is -0.122. The van der Waals surface area contributed by atoms with E-state index < -0.39 is 6.04 Å². The fourth-order valence-electron chi connectivity index (χ4n) is 1.76. The maximum Gasteiger partial charge on any atom is 0.246 e. The summed E-state index contributed by atoms with van der Waals surface area (Å²) in [4.78, 5) is 22.8. The molecule has 2 rings (SSSR count). The number of nitrogens with one attached hydrogen (secondary N) is 2. The predicted octanol–water partition coefficient (Wildman–Crippen LogP) is 0.362. The van der Waals surface area contributed by atoms with E-state index in [1.165, 1.54) is 0 Å². The number of carbonyl (C=O) groups excluding carboxylic acids is 2. The van der Waals surface area contributed by atoms with Gasteiger partial charge in [-0.25, -0.2) is 0 Å². The van der Waals surface area contributed by atoms with Crippen LogP contribution in [0, 0.1) is 0 Å². The van der Waals surface area contributed by atoms with Crippen LogP contribution in [0.2, 0.25) is 0 Å². The molecule has 1 aliphatic rings. The first-order valence-electron chi connectivity index (χ1n) is 5.58. The van der Waals surface area contributed by atoms with Gasteiger partial charge >= 0.3 is 0 Å². The van der Waals surface area contributed by atoms with E-state index in [0.29, 0.717) is 25.1 Å². The molecule has 5 heteroatoms. The van der Waals surface area contributed by atoms with Crippen LogP contribution in [0.1, 0.15) is 18.4 Å². The molecule has 0 aromatic heterocycles. The average Bonchev–Trinajstić information content (AvgIpc) is 2.77. The smallest absolute Gasteiger partial charge is 0.246 e. The lowest BCUT2D eigenvalue weighted by atomic mass is 10.2. The molecule has 1 fully saturated rings. The first kappa shape index (κ1) is 11.6. The quantitative estimate of drug-likeness (QED) is 0.705. The molecule has 1 aromatic carbocycles. The first-order valence-corrected chi connectivity index (χ1v) is 5.58. The second kappa shape index (κ2) is 4.97. The van der Waals surface area contributed by atoms with Crippen molar-refractivity contribution < 1.29 is 9.59 Å². The van der Waals surface area contributed by atoms with Crippen molar-refractivity contribution in [2.24, 2.45) is 5.73 Å². The van der Waals surface area contributed by atoms with Gasteiger partial charge in [-0.1, -0.05) is 12.1 Å². The lowest BCUT2D eigenvalue weighted by Gasteiger charge is -2.11. The van der Waals surface area contributed by atoms with E-state index in [4.69, 9.17) is 5.73 Å². The van der Waals surface area contributed by atoms with Gasteiger partial charge in [0.1, 0.15) is 6.04 Å². The zero-order valence-electron chi connectivity index (χ0n) is 9.40. The molecule has 1 aromatic rings. The third kappa shape index (κ3) is 2.82. The summed E-state index contributed by atoms with van der Waals surface area (Å²) >= 11 is 0. The molecule has 1 atom stereocenters. The molecular weight excluding hydrogens is 218 g/mol. The van der Waals surface area contributed by atoms with Crippen LogP contribution in [0.4, 0.5) is 5.69 Å². The highest BCUT2D eigenvalue weighted by Gasteiger charge is 2.26. The summed E-state index contributed by atoms with van der Waals surface area (Å²) < 4.78 is 0. The van der Waals surface area contributed by atoms with E-state index in [1.807, 2.05) is 12.1 Å². The average molecular weight is 233 g/mol. The molecule has 1 aliphatic heterocycles. The van der Waals surface area contributed by atoms with Crippen molar-refractivity contribution in [1.82, 2.24) is 5.32 Å². The van der Waals surface area contributed by atoms with E-state index in [2.05, 4.69) is 10.6 Å². The largest absolute Gasteiger partial charge is 0.344 e. The first-order chi connectivity index (χ1) is 8.19. The molecule has 17 heavy (non-hydrogen) atoms. The number of rotatable bonds is 3. The molecule has 4 N–H and O–H groups in total. The highest BCUT2D eigenvalue weighted by molar-refractivity contribution is 5.98. The second-order valence-electron chi connectivity index (χ2n) is 4.05. The van der Waals surface area contributed by atoms with Crippen molar-refractivity contribution in [1.29, 1.82) is 0 Å². The van der Waals surface area contributed by atoms with Gasteiger partial charge in [-0.3, -0.25) is 9.59 Å². The molecule has 0 aliphatic carbocycles. The summed E-state index contributed by atoms with van der Waals surface area (Å²) in [6.45, 7) is 0.479. The summed E-state index contributed by atoms with van der Waals surface area (Å²) in [5, 5.41) is 5.39. The van der Waals surface area contributed by atoms with Gasteiger partial charge in [0.05, 0.1) is 0 Å². The molecule has 0 saturated carbocycles. The topological polar surface area (TPSA) is 84.2 Å². The summed E-state index contributed by atoms with van der Waals surface area (Å²) in [5.74, 6) is -0.236. The minimum absolute atomic E-state index is 0.0661. The minimum Gasteiger partial charge on any atom is -0.344 e. The Morgan fingerprint density at radius 1 is 1.41 bits per heavy atom. The number of anilines is 1. The highest BCUT2D eigenvalue weighted by Crippen LogP contribution is 2.12. The van der Waals surface area contributed by atoms with Crippen molar-refractivity contribution in [3.8, 4) is 0 Å². The van der Waals surface area contributed by atoms with Crippen LogP contribution in [0.25, 0.3) is 0 Å². The summed E-state index contributed by atoms with van der Waals surface area (Å²) in [7, 11) is 0. The summed E-state index contributed by atoms with van der Waals surface area (Å²) in [6.07, 6.45) is 0.982. The number of amides is 2. The van der Waals surface area contributed by atoms with Gasteiger partial charge in [0.25, 0.3) is 0 Å². The monoisotopic (exact) mass is 233 g/mol. The Morgan fingerprint density at radius 3 is 2.65 bits per heavy atom. The Labute approximate surface area is 99.4 Å². The van der Waals surface area contributed by atoms with Crippen LogP contribution in [0.15, 0.2) is 24.3 Å². The number of carbonyl (C=O) groups is 2. The van der Waals surface area contributed by atoms with Gasteiger partial charge in [-0.15, -0.1) is 0 Å². The molecule has 0 unspecified atom stereocenters. The van der Waals surface area contributed by atoms with Crippen LogP contribution in [0.5, 0.6) is 0 Å². The van der Waals surface area contributed by atoms with Crippen molar-refractivity contribution in [3.63, 3.8) is 0 Å². The third-order valence-corrected chi connectivity index (χ3v) is 2.77. The van der Waals surface area contributed by atoms with E-state index in [0.717, 1.165) is 5.56 Å². The molecule has 1 saturated heterocycles. The third-order valence-electron chi connectivity index (χ3n) is 2.77. The van der Waals surface area contributed by atoms with Gasteiger partial charge in [0.15, 0.2) is 0 Å². The normalized spacial score (nSPS) is 18.9. The van der Waals surface area contributed by atoms with Crippen LogP contribution in [0.3, 0.4) is 0 Å². The Hall–Kier alpha value is -1.88. The minimum atomic E-state index is -0.406. The second-order valence-corrected chi connectivity index (χ2v) is 4.05. The standard InChI is InChI=1S/C12H15N3O2/c13-7-8-1-3-9(4-2-8)14-12(17)10-5-6-11(16)15-10/h1-4,10H,5-7,13H2,(H,14,17)(H,15,16)/t10-/m1/s1. The van der Waals surface area contributed by atoms with E-state index >= 15 is 0 Å². The van der Waals surface area contributed by atoms with Gasteiger partial charge in [-0.2, -0.15) is 0 Å². The number of nitrogens with two attached hydrogens (primary N) is 1. The van der Waals surface area contributed by atoms with Crippen molar-refractivity contribution >= 4 is 17.5 Å². The van der Waals surface area contributed by atoms with Gasteiger partial charge in [0.2, 0.25) is 11.8 Å².